The highest BCUT2D eigenvalue weighted by Gasteiger charge is 2.76. The molecule has 2 rings (SSSR count). The third kappa shape index (κ3) is 0.588. The van der Waals surface area contributed by atoms with E-state index < -0.39 is 0 Å². The lowest BCUT2D eigenvalue weighted by Crippen LogP contribution is -2.38. The highest BCUT2D eigenvalue weighted by Crippen LogP contribution is 2.84. The Morgan fingerprint density at radius 2 is 2.09 bits per heavy atom. The second kappa shape index (κ2) is 1.84. The molecule has 0 nitrogen and oxygen atoms in total. The molecule has 0 aromatic rings. The molecular weight excluding hydrogens is 132 g/mol. The minimum Gasteiger partial charge on any atom is -0.0648 e. The van der Waals surface area contributed by atoms with Gasteiger partial charge in [-0.05, 0) is 41.9 Å². The van der Waals surface area contributed by atoms with Crippen LogP contribution in [0.3, 0.4) is 0 Å². The van der Waals surface area contributed by atoms with Gasteiger partial charge in [-0.2, -0.15) is 0 Å². The highest BCUT2D eigenvalue weighted by atomic mass is 14.8. The van der Waals surface area contributed by atoms with Gasteiger partial charge in [0.25, 0.3) is 0 Å². The molecule has 3 unspecified atom stereocenters. The van der Waals surface area contributed by atoms with Gasteiger partial charge in [0.15, 0.2) is 0 Å². The topological polar surface area (TPSA) is 0 Å². The van der Waals surface area contributed by atoms with E-state index in [1.165, 1.54) is 19.3 Å². The second-order valence-corrected chi connectivity index (χ2v) is 5.11. The molecule has 2 aliphatic carbocycles. The smallest absolute Gasteiger partial charge is 0.0186 e. The maximum absolute atomic E-state index is 2.45. The van der Waals surface area contributed by atoms with E-state index in [-0.39, 0.29) is 0 Å². The normalized spacial score (nSPS) is 53.7. The molecule has 0 heteroatoms. The molecule has 0 radical (unpaired) electrons. The summed E-state index contributed by atoms with van der Waals surface area (Å²) in [6.07, 6.45) is 4.48. The van der Waals surface area contributed by atoms with Gasteiger partial charge in [-0.3, -0.25) is 0 Å². The van der Waals surface area contributed by atoms with Crippen LogP contribution >= 0.6 is 0 Å². The second-order valence-electron chi connectivity index (χ2n) is 5.11. The lowest BCUT2D eigenvalue weighted by molar-refractivity contribution is 0.0391. The lowest BCUT2D eigenvalue weighted by atomic mass is 9.60. The molecule has 0 aromatic carbocycles. The first-order valence-electron chi connectivity index (χ1n) is 5.09. The largest absolute Gasteiger partial charge is 0.0648 e. The van der Waals surface area contributed by atoms with E-state index in [1.807, 2.05) is 0 Å². The van der Waals surface area contributed by atoms with Gasteiger partial charge in [-0.15, -0.1) is 0 Å². The van der Waals surface area contributed by atoms with E-state index in [1.54, 1.807) is 0 Å². The van der Waals surface area contributed by atoms with Gasteiger partial charge >= 0.3 is 0 Å². The third-order valence-electron chi connectivity index (χ3n) is 4.78. The average molecular weight is 152 g/mol. The van der Waals surface area contributed by atoms with Gasteiger partial charge < -0.3 is 0 Å². The fourth-order valence-electron chi connectivity index (χ4n) is 4.10. The molecule has 2 fully saturated rings. The Bertz CT molecular complexity index is 176. The minimum atomic E-state index is 0.793. The molecule has 0 amide bonds. The van der Waals surface area contributed by atoms with Crippen LogP contribution in [0.1, 0.15) is 47.0 Å². The number of hydrogen-bond acceptors (Lipinski definition) is 0. The summed E-state index contributed by atoms with van der Waals surface area (Å²) in [5.41, 5.74) is 1.61. The zero-order valence-electron chi connectivity index (χ0n) is 8.28. The summed E-state index contributed by atoms with van der Waals surface area (Å²) < 4.78 is 0. The Morgan fingerprint density at radius 1 is 1.45 bits per heavy atom. The summed E-state index contributed by atoms with van der Waals surface area (Å²) >= 11 is 0. The Labute approximate surface area is 70.4 Å². The van der Waals surface area contributed by atoms with E-state index in [0.717, 1.165) is 22.7 Å². The molecule has 0 bridgehead atoms. The van der Waals surface area contributed by atoms with Gasteiger partial charge in [0.2, 0.25) is 0 Å². The molecule has 2 saturated carbocycles. The average Bonchev–Trinajstić information content (AvgIpc) is 2.51. The van der Waals surface area contributed by atoms with Gasteiger partial charge in [0, 0.05) is 0 Å². The molecule has 0 aliphatic heterocycles. The summed E-state index contributed by atoms with van der Waals surface area (Å²) in [5.74, 6) is 1.94. The van der Waals surface area contributed by atoms with Crippen molar-refractivity contribution in [1.29, 1.82) is 0 Å². The van der Waals surface area contributed by atoms with Crippen molar-refractivity contribution in [1.82, 2.24) is 0 Å². The van der Waals surface area contributed by atoms with Crippen LogP contribution in [-0.4, -0.2) is 0 Å². The van der Waals surface area contributed by atoms with Crippen molar-refractivity contribution in [3.63, 3.8) is 0 Å². The summed E-state index contributed by atoms with van der Waals surface area (Å²) in [6, 6.07) is 0. The third-order valence-corrected chi connectivity index (χ3v) is 4.78. The van der Waals surface area contributed by atoms with Gasteiger partial charge in [0.1, 0.15) is 0 Å². The van der Waals surface area contributed by atoms with E-state index in [2.05, 4.69) is 27.7 Å². The number of hydrogen-bond donors (Lipinski definition) is 0. The van der Waals surface area contributed by atoms with Crippen LogP contribution in [0.15, 0.2) is 0 Å². The molecule has 3 atom stereocenters. The zero-order valence-corrected chi connectivity index (χ0v) is 8.28. The van der Waals surface area contributed by atoms with Crippen molar-refractivity contribution in [2.75, 3.05) is 0 Å². The molecule has 0 spiro atoms. The summed E-state index contributed by atoms with van der Waals surface area (Å²) in [6.45, 7) is 9.64. The first kappa shape index (κ1) is 7.64. The monoisotopic (exact) mass is 152 g/mol. The van der Waals surface area contributed by atoms with Crippen molar-refractivity contribution < 1.29 is 0 Å². The summed E-state index contributed by atoms with van der Waals surface area (Å²) in [7, 11) is 0. The zero-order chi connectivity index (χ0) is 8.28. The van der Waals surface area contributed by atoms with Gasteiger partial charge in [0.05, 0.1) is 0 Å². The van der Waals surface area contributed by atoms with Crippen molar-refractivity contribution in [2.24, 2.45) is 22.7 Å². The first-order valence-corrected chi connectivity index (χ1v) is 5.09. The van der Waals surface area contributed by atoms with Crippen molar-refractivity contribution in [3.8, 4) is 0 Å². The number of fused-ring (bicyclic) bond motifs is 1. The number of rotatable bonds is 2. The predicted molar refractivity (Wildman–Crippen MR) is 48.4 cm³/mol. The molecule has 64 valence electrons. The fourth-order valence-corrected chi connectivity index (χ4v) is 4.10. The molecular formula is C11H20. The minimum absolute atomic E-state index is 0.793. The fraction of sp³-hybridized carbons (Fsp3) is 1.00. The molecule has 0 N–H and O–H groups in total. The van der Waals surface area contributed by atoms with Crippen LogP contribution in [0.25, 0.3) is 0 Å². The van der Waals surface area contributed by atoms with E-state index in [0.29, 0.717) is 0 Å². The van der Waals surface area contributed by atoms with Gasteiger partial charge in [-0.1, -0.05) is 27.7 Å². The molecule has 11 heavy (non-hydrogen) atoms. The van der Waals surface area contributed by atoms with Crippen LogP contribution in [0.4, 0.5) is 0 Å². The molecule has 2 aliphatic rings. The Kier molecular flexibility index (Phi) is 1.28. The first-order chi connectivity index (χ1) is 5.09. The Balaban J connectivity index is 2.17. The van der Waals surface area contributed by atoms with Crippen LogP contribution in [0.5, 0.6) is 0 Å². The standard InChI is InChI=1S/C11H20/c1-5-10-6-9(4)11(10,7-10)8(2)3/h8-9H,5-7H2,1-4H3. The van der Waals surface area contributed by atoms with Gasteiger partial charge in [-0.25, -0.2) is 0 Å². The summed E-state index contributed by atoms with van der Waals surface area (Å²) in [4.78, 5) is 0. The summed E-state index contributed by atoms with van der Waals surface area (Å²) in [5, 5.41) is 0. The van der Waals surface area contributed by atoms with E-state index >= 15 is 0 Å². The Morgan fingerprint density at radius 3 is 2.27 bits per heavy atom. The molecule has 0 heterocycles. The van der Waals surface area contributed by atoms with Crippen LogP contribution in [0.2, 0.25) is 0 Å². The lowest BCUT2D eigenvalue weighted by Gasteiger charge is -2.45. The maximum atomic E-state index is 2.45. The maximum Gasteiger partial charge on any atom is -0.0186 e. The SMILES string of the molecule is CCC12CC(C)C1(C(C)C)C2. The highest BCUT2D eigenvalue weighted by molar-refractivity contribution is 5.25. The predicted octanol–water partition coefficient (Wildman–Crippen LogP) is 3.47. The quantitative estimate of drug-likeness (QED) is 0.568. The van der Waals surface area contributed by atoms with E-state index in [9.17, 15) is 0 Å². The van der Waals surface area contributed by atoms with Crippen molar-refractivity contribution in [3.05, 3.63) is 0 Å². The van der Waals surface area contributed by atoms with E-state index in [4.69, 9.17) is 0 Å². The van der Waals surface area contributed by atoms with Crippen LogP contribution < -0.4 is 0 Å². The molecule has 0 aromatic heterocycles. The Hall–Kier alpha value is 0. The molecule has 0 saturated heterocycles. The van der Waals surface area contributed by atoms with Crippen molar-refractivity contribution in [2.45, 2.75) is 47.0 Å². The van der Waals surface area contributed by atoms with Crippen LogP contribution in [0, 0.1) is 22.7 Å². The van der Waals surface area contributed by atoms with Crippen LogP contribution in [-0.2, 0) is 0 Å². The van der Waals surface area contributed by atoms with Crippen molar-refractivity contribution >= 4 is 0 Å².